The van der Waals surface area contributed by atoms with Gasteiger partial charge in [-0.1, -0.05) is 54.6 Å². The van der Waals surface area contributed by atoms with Crippen molar-refractivity contribution in [3.05, 3.63) is 70.5 Å². The molecular weight excluding hydrogens is 449 g/mol. The van der Waals surface area contributed by atoms with E-state index >= 15 is 0 Å². The molecule has 1 heterocycles. The monoisotopic (exact) mass is 475 g/mol. The van der Waals surface area contributed by atoms with E-state index in [9.17, 15) is 4.79 Å². The van der Waals surface area contributed by atoms with Crippen LogP contribution >= 0.6 is 23.2 Å². The molecule has 1 saturated carbocycles. The Morgan fingerprint density at radius 3 is 2.28 bits per heavy atom. The van der Waals surface area contributed by atoms with E-state index in [0.717, 1.165) is 36.9 Å². The van der Waals surface area contributed by atoms with Crippen LogP contribution in [-0.2, 0) is 0 Å². The first kappa shape index (κ1) is 24.3. The minimum absolute atomic E-state index is 0.125. The van der Waals surface area contributed by atoms with E-state index in [-0.39, 0.29) is 25.2 Å². The molecule has 2 aromatic carbocycles. The van der Waals surface area contributed by atoms with Gasteiger partial charge in [0.1, 0.15) is 11.5 Å². The fourth-order valence-corrected chi connectivity index (χ4v) is 3.97. The maximum absolute atomic E-state index is 12.8. The molecule has 1 aliphatic rings. The van der Waals surface area contributed by atoms with Gasteiger partial charge in [-0.25, -0.2) is 4.98 Å². The first-order chi connectivity index (χ1) is 15.5. The lowest BCUT2D eigenvalue weighted by molar-refractivity contribution is 0.0923. The third-order valence-electron chi connectivity index (χ3n) is 5.20. The molecule has 0 bridgehead atoms. The Labute approximate surface area is 197 Å². The number of carbonyl (C=O) groups is 1. The number of halogens is 2. The van der Waals surface area contributed by atoms with Gasteiger partial charge in [0.25, 0.3) is 5.91 Å². The molecule has 32 heavy (non-hydrogen) atoms. The lowest BCUT2D eigenvalue weighted by Gasteiger charge is -2.22. The number of aliphatic hydroxyl groups is 2. The van der Waals surface area contributed by atoms with Gasteiger partial charge in [-0.15, -0.1) is 0 Å². The minimum atomic E-state index is -0.145. The van der Waals surface area contributed by atoms with Crippen LogP contribution in [0.1, 0.15) is 42.6 Å². The molecule has 170 valence electrons. The number of aromatic nitrogens is 2. The second-order valence-corrected chi connectivity index (χ2v) is 8.38. The first-order valence-corrected chi connectivity index (χ1v) is 11.4. The second kappa shape index (κ2) is 12.0. The summed E-state index contributed by atoms with van der Waals surface area (Å²) in [6.07, 6.45) is 7.39. The molecule has 4 rings (SSSR count). The largest absolute Gasteiger partial charge is 0.394 e. The first-order valence-electron chi connectivity index (χ1n) is 10.7. The van der Waals surface area contributed by atoms with Gasteiger partial charge < -0.3 is 15.5 Å². The SMILES string of the molecule is O=C(NC1CCCCC1)c1cn(-c2ccc(Cl)cc2)c(-c2ccccc2Cl)n1.OCCO. The van der Waals surface area contributed by atoms with Crippen molar-refractivity contribution in [3.8, 4) is 17.1 Å². The zero-order valence-corrected chi connectivity index (χ0v) is 19.2. The second-order valence-electron chi connectivity index (χ2n) is 7.53. The molecule has 1 aliphatic carbocycles. The van der Waals surface area contributed by atoms with Crippen molar-refractivity contribution >= 4 is 29.1 Å². The predicted molar refractivity (Wildman–Crippen MR) is 128 cm³/mol. The third-order valence-corrected chi connectivity index (χ3v) is 5.78. The molecular formula is C24H27Cl2N3O3. The van der Waals surface area contributed by atoms with Gasteiger partial charge >= 0.3 is 0 Å². The fourth-order valence-electron chi connectivity index (χ4n) is 3.63. The Morgan fingerprint density at radius 1 is 1.00 bits per heavy atom. The van der Waals surface area contributed by atoms with E-state index in [2.05, 4.69) is 10.3 Å². The summed E-state index contributed by atoms with van der Waals surface area (Å²) in [7, 11) is 0. The van der Waals surface area contributed by atoms with E-state index in [4.69, 9.17) is 33.4 Å². The van der Waals surface area contributed by atoms with Crippen LogP contribution in [0.25, 0.3) is 17.1 Å². The van der Waals surface area contributed by atoms with Crippen molar-refractivity contribution in [3.63, 3.8) is 0 Å². The number of rotatable bonds is 5. The number of hydrogen-bond donors (Lipinski definition) is 3. The van der Waals surface area contributed by atoms with Crippen LogP contribution in [0.5, 0.6) is 0 Å². The summed E-state index contributed by atoms with van der Waals surface area (Å²) in [6, 6.07) is 15.1. The normalized spacial score (nSPS) is 13.9. The number of benzene rings is 2. The van der Waals surface area contributed by atoms with Crippen molar-refractivity contribution < 1.29 is 15.0 Å². The highest BCUT2D eigenvalue weighted by molar-refractivity contribution is 6.33. The molecule has 8 heteroatoms. The molecule has 0 radical (unpaired) electrons. The van der Waals surface area contributed by atoms with Gasteiger partial charge in [-0.2, -0.15) is 0 Å². The van der Waals surface area contributed by atoms with E-state index in [1.165, 1.54) is 6.42 Å². The number of amides is 1. The molecule has 0 spiro atoms. The summed E-state index contributed by atoms with van der Waals surface area (Å²) < 4.78 is 1.88. The molecule has 1 amide bonds. The number of carbonyl (C=O) groups excluding carboxylic acids is 1. The quantitative estimate of drug-likeness (QED) is 0.490. The van der Waals surface area contributed by atoms with Crippen molar-refractivity contribution in [2.24, 2.45) is 0 Å². The summed E-state index contributed by atoms with van der Waals surface area (Å²) in [5, 5.41) is 19.6. The summed E-state index contributed by atoms with van der Waals surface area (Å²) >= 11 is 12.4. The minimum Gasteiger partial charge on any atom is -0.394 e. The smallest absolute Gasteiger partial charge is 0.271 e. The van der Waals surface area contributed by atoms with Crippen LogP contribution < -0.4 is 5.32 Å². The van der Waals surface area contributed by atoms with Crippen LogP contribution in [0.3, 0.4) is 0 Å². The van der Waals surface area contributed by atoms with Gasteiger partial charge in [0.15, 0.2) is 0 Å². The maximum atomic E-state index is 12.8. The maximum Gasteiger partial charge on any atom is 0.271 e. The van der Waals surface area contributed by atoms with Crippen LogP contribution in [0, 0.1) is 0 Å². The van der Waals surface area contributed by atoms with Crippen molar-refractivity contribution in [2.75, 3.05) is 13.2 Å². The fraction of sp³-hybridized carbons (Fsp3) is 0.333. The molecule has 0 atom stereocenters. The molecule has 3 aromatic rings. The zero-order valence-electron chi connectivity index (χ0n) is 17.7. The number of aliphatic hydroxyl groups excluding tert-OH is 2. The highest BCUT2D eigenvalue weighted by Gasteiger charge is 2.21. The van der Waals surface area contributed by atoms with Gasteiger partial charge in [0.2, 0.25) is 0 Å². The third kappa shape index (κ3) is 6.33. The van der Waals surface area contributed by atoms with Crippen LogP contribution in [0.15, 0.2) is 54.7 Å². The molecule has 0 unspecified atom stereocenters. The summed E-state index contributed by atoms with van der Waals surface area (Å²) in [5.41, 5.74) is 2.02. The van der Waals surface area contributed by atoms with E-state index in [0.29, 0.717) is 21.6 Å². The summed E-state index contributed by atoms with van der Waals surface area (Å²) in [5.74, 6) is 0.481. The van der Waals surface area contributed by atoms with Crippen LogP contribution in [0.4, 0.5) is 0 Å². The Morgan fingerprint density at radius 2 is 1.66 bits per heavy atom. The average molecular weight is 476 g/mol. The van der Waals surface area contributed by atoms with Gasteiger partial charge in [0, 0.05) is 28.5 Å². The summed E-state index contributed by atoms with van der Waals surface area (Å²) in [6.45, 7) is -0.250. The highest BCUT2D eigenvalue weighted by Crippen LogP contribution is 2.30. The molecule has 6 nitrogen and oxygen atoms in total. The number of imidazole rings is 1. The summed E-state index contributed by atoms with van der Waals surface area (Å²) in [4.78, 5) is 17.5. The Kier molecular flexibility index (Phi) is 9.11. The van der Waals surface area contributed by atoms with Crippen LogP contribution in [0.2, 0.25) is 10.0 Å². The molecule has 0 aliphatic heterocycles. The lowest BCUT2D eigenvalue weighted by atomic mass is 9.95. The van der Waals surface area contributed by atoms with Crippen molar-refractivity contribution in [1.29, 1.82) is 0 Å². The Bertz CT molecular complexity index is 1010. The average Bonchev–Trinajstić information content (AvgIpc) is 3.26. The molecule has 1 fully saturated rings. The Balaban J connectivity index is 0.000000668. The van der Waals surface area contributed by atoms with E-state index in [1.807, 2.05) is 53.1 Å². The zero-order chi connectivity index (χ0) is 22.9. The molecule has 0 saturated heterocycles. The number of nitrogens with one attached hydrogen (secondary N) is 1. The van der Waals surface area contributed by atoms with Gasteiger partial charge in [-0.3, -0.25) is 9.36 Å². The van der Waals surface area contributed by atoms with Gasteiger partial charge in [0.05, 0.1) is 18.2 Å². The highest BCUT2D eigenvalue weighted by atomic mass is 35.5. The molecule has 3 N–H and O–H groups in total. The predicted octanol–water partition coefficient (Wildman–Crippen LogP) is 4.88. The topological polar surface area (TPSA) is 87.4 Å². The van der Waals surface area contributed by atoms with Crippen molar-refractivity contribution in [1.82, 2.24) is 14.9 Å². The molecule has 1 aromatic heterocycles. The lowest BCUT2D eigenvalue weighted by Crippen LogP contribution is -2.36. The van der Waals surface area contributed by atoms with E-state index < -0.39 is 0 Å². The van der Waals surface area contributed by atoms with E-state index in [1.54, 1.807) is 6.20 Å². The van der Waals surface area contributed by atoms with Crippen molar-refractivity contribution in [2.45, 2.75) is 38.1 Å². The number of nitrogens with zero attached hydrogens (tertiary/aromatic N) is 2. The van der Waals surface area contributed by atoms with Gasteiger partial charge in [-0.05, 0) is 49.2 Å². The van der Waals surface area contributed by atoms with Crippen LogP contribution in [-0.4, -0.2) is 44.9 Å². The number of hydrogen-bond acceptors (Lipinski definition) is 4. The Hall–Kier alpha value is -2.38. The standard InChI is InChI=1S/C22H21Cl2N3O.C2H6O2/c23-15-10-12-17(13-11-15)27-14-20(22(28)25-16-6-2-1-3-7-16)26-21(27)18-8-4-5-9-19(18)24;3-1-2-4/h4-5,8-14,16H,1-3,6-7H2,(H,25,28);3-4H,1-2H2.